The third kappa shape index (κ3) is 35.1. The van der Waals surface area contributed by atoms with E-state index >= 15 is 0 Å². The molecule has 0 amide bonds. The number of hydrogen-bond acceptors (Lipinski definition) is 17. The van der Waals surface area contributed by atoms with Gasteiger partial charge in [0.2, 0.25) is 0 Å². The lowest BCUT2D eigenvalue weighted by atomic mass is 10.2. The summed E-state index contributed by atoms with van der Waals surface area (Å²) >= 11 is 0. The van der Waals surface area contributed by atoms with Gasteiger partial charge in [-0.15, -0.1) is 0 Å². The highest BCUT2D eigenvalue weighted by Gasteiger charge is 2.26. The second-order valence-corrected chi connectivity index (χ2v) is 16.6. The number of nitrogens with one attached hydrogen (secondary N) is 4. The molecule has 0 heterocycles. The van der Waals surface area contributed by atoms with Crippen LogP contribution in [0.15, 0.2) is 0 Å². The van der Waals surface area contributed by atoms with Crippen molar-refractivity contribution < 1.29 is 58.3 Å². The summed E-state index contributed by atoms with van der Waals surface area (Å²) in [7, 11) is -8.07. The van der Waals surface area contributed by atoms with Crippen molar-refractivity contribution >= 4 is 17.6 Å². The highest BCUT2D eigenvalue weighted by atomic mass is 28.4. The maximum atomic E-state index is 10.5. The fourth-order valence-corrected chi connectivity index (χ4v) is 5.22. The molecule has 0 aromatic carbocycles. The van der Waals surface area contributed by atoms with Crippen LogP contribution >= 0.6 is 0 Å². The first-order valence-electron chi connectivity index (χ1n) is 16.2. The summed E-state index contributed by atoms with van der Waals surface area (Å²) in [4.78, 5) is 55.9. The Morgan fingerprint density at radius 3 is 1.39 bits per heavy atom. The van der Waals surface area contributed by atoms with Gasteiger partial charge in [0, 0.05) is 97.3 Å². The lowest BCUT2D eigenvalue weighted by Gasteiger charge is -2.27. The topological polar surface area (TPSA) is 261 Å². The van der Waals surface area contributed by atoms with Crippen LogP contribution in [0.3, 0.4) is 0 Å². The standard InChI is InChI=1S/C27H65N5O12Si2/c1-27(2,3)44-23-26(35)20-32(12-10-28-6-8-30-18-24(33)21-42-14-4-16-45(36,37)38)13-11-29-7-9-31-19-25(34)22-43-15-5-17-46(39,40)41/h24-26,28-31,33-41H,4-23H2,1-3H3. The third-order valence-electron chi connectivity index (χ3n) is 6.33. The first kappa shape index (κ1) is 45.8. The van der Waals surface area contributed by atoms with Gasteiger partial charge in [0.25, 0.3) is 0 Å². The third-order valence-corrected chi connectivity index (χ3v) is 8.38. The van der Waals surface area contributed by atoms with Crippen LogP contribution < -0.4 is 21.3 Å². The van der Waals surface area contributed by atoms with Crippen molar-refractivity contribution in [2.24, 2.45) is 0 Å². The molecule has 0 radical (unpaired) electrons. The molecule has 0 fully saturated rings. The molecule has 0 aromatic rings. The second kappa shape index (κ2) is 26.6. The van der Waals surface area contributed by atoms with Crippen LogP contribution in [0.1, 0.15) is 33.6 Å². The van der Waals surface area contributed by atoms with E-state index in [1.54, 1.807) is 0 Å². The van der Waals surface area contributed by atoms with E-state index in [9.17, 15) is 15.3 Å². The predicted molar refractivity (Wildman–Crippen MR) is 177 cm³/mol. The second-order valence-electron chi connectivity index (χ2n) is 12.5. The largest absolute Gasteiger partial charge is 0.492 e. The van der Waals surface area contributed by atoms with Crippen molar-refractivity contribution in [2.45, 2.75) is 69.6 Å². The summed E-state index contributed by atoms with van der Waals surface area (Å²) in [5.74, 6) is 0. The van der Waals surface area contributed by atoms with Gasteiger partial charge in [0.15, 0.2) is 0 Å². The van der Waals surface area contributed by atoms with Crippen molar-refractivity contribution in [3.63, 3.8) is 0 Å². The molecule has 17 nitrogen and oxygen atoms in total. The highest BCUT2D eigenvalue weighted by molar-refractivity contribution is 6.56. The number of aliphatic hydroxyl groups excluding tert-OH is 3. The van der Waals surface area contributed by atoms with E-state index in [1.165, 1.54) is 0 Å². The van der Waals surface area contributed by atoms with Gasteiger partial charge >= 0.3 is 17.6 Å². The van der Waals surface area contributed by atoms with Crippen molar-refractivity contribution in [2.75, 3.05) is 105 Å². The van der Waals surface area contributed by atoms with Crippen molar-refractivity contribution in [3.8, 4) is 0 Å². The lowest BCUT2D eigenvalue weighted by Crippen LogP contribution is -2.44. The van der Waals surface area contributed by atoms with Crippen LogP contribution in [0.2, 0.25) is 12.1 Å². The van der Waals surface area contributed by atoms with Crippen molar-refractivity contribution in [1.29, 1.82) is 0 Å². The lowest BCUT2D eigenvalue weighted by molar-refractivity contribution is -0.0559. The molecule has 3 unspecified atom stereocenters. The summed E-state index contributed by atoms with van der Waals surface area (Å²) < 4.78 is 16.3. The van der Waals surface area contributed by atoms with Crippen molar-refractivity contribution in [3.05, 3.63) is 0 Å². The number of nitrogens with zero attached hydrogens (tertiary/aromatic N) is 1. The summed E-state index contributed by atoms with van der Waals surface area (Å²) in [5.41, 5.74) is -0.337. The maximum absolute atomic E-state index is 10.5. The summed E-state index contributed by atoms with van der Waals surface area (Å²) in [6, 6.07) is -0.188. The van der Waals surface area contributed by atoms with Gasteiger partial charge in [-0.3, -0.25) is 4.90 Å². The molecule has 0 aliphatic heterocycles. The fraction of sp³-hybridized carbons (Fsp3) is 1.00. The molecule has 0 saturated heterocycles. The van der Waals surface area contributed by atoms with E-state index in [0.29, 0.717) is 84.8 Å². The molecule has 278 valence electrons. The zero-order valence-corrected chi connectivity index (χ0v) is 30.1. The van der Waals surface area contributed by atoms with Crippen molar-refractivity contribution in [1.82, 2.24) is 26.2 Å². The van der Waals surface area contributed by atoms with E-state index in [1.807, 2.05) is 20.8 Å². The summed E-state index contributed by atoms with van der Waals surface area (Å²) in [6.45, 7) is 13.4. The molecule has 3 atom stereocenters. The van der Waals surface area contributed by atoms with E-state index in [2.05, 4.69) is 26.2 Å². The van der Waals surface area contributed by atoms with Gasteiger partial charge < -0.3 is 79.6 Å². The monoisotopic (exact) mass is 707 g/mol. The molecule has 0 bridgehead atoms. The van der Waals surface area contributed by atoms with Gasteiger partial charge in [-0.25, -0.2) is 0 Å². The fourth-order valence-electron chi connectivity index (χ4n) is 3.99. The molecular weight excluding hydrogens is 642 g/mol. The zero-order chi connectivity index (χ0) is 34.9. The Balaban J connectivity index is 4.14. The maximum Gasteiger partial charge on any atom is 0.492 e. The number of ether oxygens (including phenoxy) is 3. The molecule has 19 heteroatoms. The molecule has 0 aliphatic carbocycles. The number of hydrogen-bond donors (Lipinski definition) is 13. The number of aliphatic hydroxyl groups is 3. The molecule has 0 aliphatic rings. The van der Waals surface area contributed by atoms with Crippen LogP contribution in [0, 0.1) is 0 Å². The van der Waals surface area contributed by atoms with E-state index in [0.717, 1.165) is 0 Å². The average molecular weight is 708 g/mol. The molecule has 13 N–H and O–H groups in total. The molecule has 0 aromatic heterocycles. The minimum absolute atomic E-state index is 0.0940. The normalized spacial score (nSPS) is 15.1. The molecule has 0 spiro atoms. The predicted octanol–water partition coefficient (Wildman–Crippen LogP) is -4.81. The Bertz CT molecular complexity index is 661. The Hall–Kier alpha value is -0.246. The molecule has 0 rings (SSSR count). The first-order valence-corrected chi connectivity index (χ1v) is 20.3. The van der Waals surface area contributed by atoms with Crippen LogP contribution in [-0.2, 0) is 14.2 Å². The SMILES string of the molecule is CC(C)(C)OCC(O)CN(CCNCCNCC(O)COCCC[Si](O)(O)O)CCNCCNCC(O)COCCC[Si](O)(O)O. The van der Waals surface area contributed by atoms with Crippen LogP contribution in [-0.4, -0.2) is 196 Å². The van der Waals surface area contributed by atoms with E-state index < -0.39 is 35.9 Å². The molecule has 46 heavy (non-hydrogen) atoms. The van der Waals surface area contributed by atoms with Gasteiger partial charge in [-0.05, 0) is 33.6 Å². The van der Waals surface area contributed by atoms with Crippen LogP contribution in [0.5, 0.6) is 0 Å². The van der Waals surface area contributed by atoms with Crippen LogP contribution in [0.25, 0.3) is 0 Å². The summed E-state index contributed by atoms with van der Waals surface area (Å²) in [6.07, 6.45) is -1.41. The van der Waals surface area contributed by atoms with Crippen LogP contribution in [0.4, 0.5) is 0 Å². The minimum atomic E-state index is -4.03. The number of rotatable bonds is 32. The summed E-state index contributed by atoms with van der Waals surface area (Å²) in [5, 5.41) is 43.5. The molecule has 0 saturated carbocycles. The minimum Gasteiger partial charge on any atom is -0.390 e. The zero-order valence-electron chi connectivity index (χ0n) is 28.1. The molecular formula is C27H65N5O12Si2. The highest BCUT2D eigenvalue weighted by Crippen LogP contribution is 2.08. The Labute approximate surface area is 276 Å². The quantitative estimate of drug-likeness (QED) is 0.0231. The first-order chi connectivity index (χ1) is 21.5. The Kier molecular flexibility index (Phi) is 26.5. The smallest absolute Gasteiger partial charge is 0.390 e. The average Bonchev–Trinajstić information content (AvgIpc) is 2.92. The van der Waals surface area contributed by atoms with Gasteiger partial charge in [-0.1, -0.05) is 0 Å². The Morgan fingerprint density at radius 1 is 0.587 bits per heavy atom. The van der Waals surface area contributed by atoms with Gasteiger partial charge in [0.05, 0.1) is 43.7 Å². The van der Waals surface area contributed by atoms with E-state index in [-0.39, 0.29) is 50.7 Å². The van der Waals surface area contributed by atoms with Gasteiger partial charge in [0.1, 0.15) is 0 Å². The van der Waals surface area contributed by atoms with E-state index in [4.69, 9.17) is 43.0 Å². The van der Waals surface area contributed by atoms with Gasteiger partial charge in [-0.2, -0.15) is 0 Å². The Morgan fingerprint density at radius 2 is 1.00 bits per heavy atom.